The second-order valence-corrected chi connectivity index (χ2v) is 69.7. The van der Waals surface area contributed by atoms with E-state index in [1.54, 1.807) is 47.5 Å². The quantitative estimate of drug-likeness (QED) is 0.0165. The number of benzene rings is 1. The molecule has 0 N–H and O–H groups in total. The van der Waals surface area contributed by atoms with Gasteiger partial charge in [-0.2, -0.15) is 0 Å². The summed E-state index contributed by atoms with van der Waals surface area (Å²) in [6, 6.07) is 10.5. The molecule has 5 nitrogen and oxygen atoms in total. The zero-order valence-corrected chi connectivity index (χ0v) is 84.4. The van der Waals surface area contributed by atoms with Crippen LogP contribution in [0.5, 0.6) is 11.5 Å². The molecule has 620 valence electrons. The van der Waals surface area contributed by atoms with Crippen molar-refractivity contribution >= 4 is 131 Å². The third kappa shape index (κ3) is 30.0. The van der Waals surface area contributed by atoms with E-state index in [1.807, 2.05) is 28.5 Å². The van der Waals surface area contributed by atoms with E-state index < -0.39 is 48.4 Å². The molecule has 0 radical (unpaired) electrons. The fraction of sp³-hybridized carbons (Fsp3) is 0.766. The molecule has 15 heteroatoms. The Bertz CT molecular complexity index is 3310. The van der Waals surface area contributed by atoms with Crippen molar-refractivity contribution in [3.05, 3.63) is 65.7 Å². The maximum atomic E-state index is 13.0. The minimum absolute atomic E-state index is 0.0931. The average molecular weight is 1930 g/mol. The summed E-state index contributed by atoms with van der Waals surface area (Å²) in [5.41, 5.74) is 3.26. The topological polar surface area (TPSA) is 57.4 Å². The van der Waals surface area contributed by atoms with Gasteiger partial charge in [0.05, 0.1) is 8.95 Å². The monoisotopic (exact) mass is 1920 g/mol. The Hall–Kier alpha value is -0.563. The van der Waals surface area contributed by atoms with Crippen molar-refractivity contribution in [2.24, 2.45) is 23.7 Å². The standard InChI is InChI=1S/C34H55OS2.C30H47OS2.C6Br2F2N2O.6C4H9.2Sn/c1-4-6-8-10-12-14-16-18-20-22-25-34(26-23-21-19-17-15-13-11-9-7-5-2)30-24-27-36-32(30)33-31(35-34)28-29(3)37-33;1-21(2)10-8-12-23(5)14-17-30(18-15-24(6)13-9-11-22(3)4)26-16-19-32-28(26)29-27(31-30)20-25(7)33-29;7-1-3(9)4(10)2(8)6-5(1)11-13-12-6;6*1-3-4-2;;/h24,28H,4-23,25-26H2,1-3H3;16,20-24H,8-15,17-18H2,1-7H3;;6*1,3-4H2,2H3;;. The van der Waals surface area contributed by atoms with Crippen LogP contribution in [0.15, 0.2) is 37.8 Å². The van der Waals surface area contributed by atoms with Crippen molar-refractivity contribution < 1.29 is 22.9 Å². The summed E-state index contributed by atoms with van der Waals surface area (Å²) >= 11 is 9.11. The van der Waals surface area contributed by atoms with Gasteiger partial charge in [-0.15, -0.1) is 0 Å². The molecule has 0 saturated heterocycles. The average Bonchev–Trinajstić information content (AvgIpc) is 1.59. The number of hydrogen-bond acceptors (Lipinski definition) is 9. The van der Waals surface area contributed by atoms with E-state index in [-0.39, 0.29) is 31.2 Å². The van der Waals surface area contributed by atoms with E-state index >= 15 is 0 Å². The molecule has 0 amide bonds. The fourth-order valence-corrected chi connectivity index (χ4v) is 61.3. The molecule has 2 aliphatic rings. The predicted molar refractivity (Wildman–Crippen MR) is 493 cm³/mol. The molecule has 0 aliphatic carbocycles. The van der Waals surface area contributed by atoms with Crippen molar-refractivity contribution in [3.63, 3.8) is 0 Å². The summed E-state index contributed by atoms with van der Waals surface area (Å²) in [5, 5.41) is 6.82. The third-order valence-corrected chi connectivity index (χ3v) is 67.1. The summed E-state index contributed by atoms with van der Waals surface area (Å²) in [4.78, 5) is 9.02. The van der Waals surface area contributed by atoms with Gasteiger partial charge in [0.15, 0.2) is 22.7 Å². The molecule has 2 aliphatic heterocycles. The van der Waals surface area contributed by atoms with E-state index in [0.29, 0.717) is 0 Å². The SMILES string of the molecule is CCCCCCCCCCCCC1(CCCCCCCCCCCC)Oc2cc(C)sc2-c2s[c]([Sn]([CH2]CCC)([CH2]CCC)[CH2]CCC)cc21.CCC[CH2][Sn]([CH2]CCC)([CH2]CCC)[c]1cc2c(s1)-c1sc(C)cc1OC2(CCC(C)CCCC(C)C)CCC(C)CCCC(C)C.Fc1c(F)c(Br)c2nonc2c1Br. The minimum Gasteiger partial charge on any atom is -0.243 e. The predicted octanol–water partition coefficient (Wildman–Crippen LogP) is 35.0. The number of nitrogens with zero attached hydrogens (tertiary/aromatic N) is 2. The first-order valence-corrected chi connectivity index (χ1v) is 65.2. The Balaban J connectivity index is 0.000000291. The molecule has 2 atom stereocenters. The number of thiophene rings is 4. The van der Waals surface area contributed by atoms with Gasteiger partial charge in [0.1, 0.15) is 0 Å². The second-order valence-electron chi connectivity index (χ2n) is 35.2. The van der Waals surface area contributed by atoms with Crippen LogP contribution in [0.4, 0.5) is 8.78 Å². The van der Waals surface area contributed by atoms with Crippen LogP contribution in [0, 0.1) is 49.2 Å². The van der Waals surface area contributed by atoms with Crippen LogP contribution in [-0.4, -0.2) is 47.1 Å². The van der Waals surface area contributed by atoms with E-state index in [9.17, 15) is 8.78 Å². The van der Waals surface area contributed by atoms with Crippen molar-refractivity contribution in [2.75, 3.05) is 0 Å². The van der Waals surface area contributed by atoms with Crippen molar-refractivity contribution in [3.8, 4) is 31.0 Å². The Labute approximate surface area is 708 Å². The first kappa shape index (κ1) is 97.3. The molecule has 5 aromatic heterocycles. The first-order chi connectivity index (χ1) is 52.6. The zero-order chi connectivity index (χ0) is 79.2. The molecule has 0 saturated carbocycles. The first-order valence-electron chi connectivity index (χ1n) is 45.4. The molecular formula is C94H156Br2F2N2O3S4Sn2. The molecular weight excluding hydrogens is 1770 g/mol. The van der Waals surface area contributed by atoms with Crippen molar-refractivity contribution in [1.29, 1.82) is 0 Å². The fourth-order valence-electron chi connectivity index (χ4n) is 17.5. The van der Waals surface area contributed by atoms with Gasteiger partial charge in [0.25, 0.3) is 0 Å². The second kappa shape index (κ2) is 52.4. The number of hydrogen-bond donors (Lipinski definition) is 0. The van der Waals surface area contributed by atoms with Crippen LogP contribution in [0.2, 0.25) is 26.6 Å². The zero-order valence-electron chi connectivity index (χ0n) is 72.2. The Morgan fingerprint density at radius 3 is 0.954 bits per heavy atom. The number of halogens is 4. The Kier molecular flexibility index (Phi) is 46.7. The number of rotatable bonds is 56. The van der Waals surface area contributed by atoms with E-state index in [1.165, 1.54) is 314 Å². The molecule has 0 fully saturated rings. The van der Waals surface area contributed by atoms with Crippen LogP contribution in [0.3, 0.4) is 0 Å². The summed E-state index contributed by atoms with van der Waals surface area (Å²) in [6.07, 6.45) is 60.2. The number of aromatic nitrogens is 2. The van der Waals surface area contributed by atoms with Gasteiger partial charge in [0, 0.05) is 0 Å². The Morgan fingerprint density at radius 1 is 0.358 bits per heavy atom. The number of aryl methyl sites for hydroxylation is 2. The summed E-state index contributed by atoms with van der Waals surface area (Å²) < 4.78 is 58.3. The smallest absolute Gasteiger partial charge is 0.243 e. The van der Waals surface area contributed by atoms with Gasteiger partial charge in [-0.1, -0.05) is 52.4 Å². The molecule has 2 unspecified atom stereocenters. The van der Waals surface area contributed by atoms with Gasteiger partial charge in [-0.25, -0.2) is 13.4 Å². The van der Waals surface area contributed by atoms with E-state index in [2.05, 4.69) is 205 Å². The summed E-state index contributed by atoms with van der Waals surface area (Å²) in [6.45, 7) is 38.3. The van der Waals surface area contributed by atoms with Crippen LogP contribution in [0.25, 0.3) is 30.5 Å². The normalized spacial score (nSPS) is 15.1. The van der Waals surface area contributed by atoms with Gasteiger partial charge < -0.3 is 0 Å². The summed E-state index contributed by atoms with van der Waals surface area (Å²) in [7, 11) is 0. The van der Waals surface area contributed by atoms with Crippen LogP contribution >= 0.6 is 77.2 Å². The van der Waals surface area contributed by atoms with E-state index in [4.69, 9.17) is 9.47 Å². The van der Waals surface area contributed by atoms with Crippen LogP contribution in [0.1, 0.15) is 400 Å². The van der Waals surface area contributed by atoms with E-state index in [0.717, 1.165) is 23.7 Å². The Morgan fingerprint density at radius 2 is 0.651 bits per heavy atom. The number of ether oxygens (including phenoxy) is 2. The third-order valence-electron chi connectivity index (χ3n) is 24.6. The number of fused-ring (bicyclic) bond motifs is 7. The molecule has 8 rings (SSSR count). The van der Waals surface area contributed by atoms with Gasteiger partial charge >= 0.3 is 576 Å². The maximum absolute atomic E-state index is 13.0. The molecule has 0 spiro atoms. The van der Waals surface area contributed by atoms with Gasteiger partial charge in [-0.05, 0) is 42.2 Å². The van der Waals surface area contributed by atoms with Crippen LogP contribution < -0.4 is 15.3 Å². The molecule has 109 heavy (non-hydrogen) atoms. The minimum atomic E-state index is -2.59. The number of unbranched alkanes of at least 4 members (excludes halogenated alkanes) is 24. The molecule has 6 aromatic rings. The van der Waals surface area contributed by atoms with Crippen molar-refractivity contribution in [2.45, 2.75) is 431 Å². The molecule has 1 aromatic carbocycles. The molecule has 0 bridgehead atoms. The van der Waals surface area contributed by atoms with Crippen molar-refractivity contribution in [1.82, 2.24) is 10.3 Å². The molecule has 7 heterocycles. The van der Waals surface area contributed by atoms with Gasteiger partial charge in [-0.3, -0.25) is 0 Å². The summed E-state index contributed by atoms with van der Waals surface area (Å²) in [5.74, 6) is 3.53. The van der Waals surface area contributed by atoms with Gasteiger partial charge in [0.2, 0.25) is 0 Å². The van der Waals surface area contributed by atoms with Crippen LogP contribution in [-0.2, 0) is 11.2 Å².